The first kappa shape index (κ1) is 14.2. The predicted molar refractivity (Wildman–Crippen MR) is 83.9 cm³/mol. The van der Waals surface area contributed by atoms with Crippen molar-refractivity contribution in [3.05, 3.63) is 36.8 Å². The number of aliphatic hydroxyl groups is 1. The summed E-state index contributed by atoms with van der Waals surface area (Å²) in [6.45, 7) is 3.41. The van der Waals surface area contributed by atoms with Crippen LogP contribution in [0.25, 0.3) is 11.2 Å². The van der Waals surface area contributed by atoms with E-state index >= 15 is 0 Å². The summed E-state index contributed by atoms with van der Waals surface area (Å²) in [7, 11) is 0. The molecule has 4 rings (SSSR count). The minimum absolute atomic E-state index is 0.458. The van der Waals surface area contributed by atoms with E-state index in [0.717, 1.165) is 30.2 Å². The second kappa shape index (κ2) is 5.98. The molecule has 120 valence electrons. The number of anilines is 1. The molecule has 4 heterocycles. The Morgan fingerprint density at radius 1 is 1.26 bits per heavy atom. The highest BCUT2D eigenvalue weighted by Gasteiger charge is 2.24. The lowest BCUT2D eigenvalue weighted by atomic mass is 10.3. The molecule has 1 aliphatic heterocycles. The number of furan rings is 1. The van der Waals surface area contributed by atoms with Crippen LogP contribution in [0, 0.1) is 0 Å². The number of H-pyrrole nitrogens is 1. The van der Waals surface area contributed by atoms with Gasteiger partial charge in [-0.1, -0.05) is 0 Å². The van der Waals surface area contributed by atoms with Gasteiger partial charge in [-0.05, 0) is 12.1 Å². The van der Waals surface area contributed by atoms with Gasteiger partial charge in [0.05, 0.1) is 25.2 Å². The Hall–Kier alpha value is -2.45. The molecule has 0 saturated carbocycles. The van der Waals surface area contributed by atoms with E-state index in [1.165, 1.54) is 6.33 Å². The number of fused-ring (bicyclic) bond motifs is 1. The number of hydrogen-bond acceptors (Lipinski definition) is 7. The average molecular weight is 314 g/mol. The van der Waals surface area contributed by atoms with Crippen LogP contribution in [0.1, 0.15) is 5.76 Å². The van der Waals surface area contributed by atoms with Crippen LogP contribution in [0.2, 0.25) is 0 Å². The molecule has 0 aromatic carbocycles. The summed E-state index contributed by atoms with van der Waals surface area (Å²) in [5, 5.41) is 10.4. The Kier molecular flexibility index (Phi) is 3.68. The van der Waals surface area contributed by atoms with E-state index in [1.807, 2.05) is 12.1 Å². The number of aromatic nitrogens is 4. The van der Waals surface area contributed by atoms with Gasteiger partial charge in [0.1, 0.15) is 17.6 Å². The van der Waals surface area contributed by atoms with Gasteiger partial charge in [0, 0.05) is 26.2 Å². The fraction of sp³-hybridized carbons (Fsp3) is 0.400. The molecule has 0 radical (unpaired) electrons. The van der Waals surface area contributed by atoms with Gasteiger partial charge in [0.2, 0.25) is 0 Å². The highest BCUT2D eigenvalue weighted by atomic mass is 16.3. The first-order valence-corrected chi connectivity index (χ1v) is 7.61. The lowest BCUT2D eigenvalue weighted by molar-refractivity contribution is 0.125. The molecule has 1 atom stereocenters. The van der Waals surface area contributed by atoms with Crippen molar-refractivity contribution in [3.63, 3.8) is 0 Å². The summed E-state index contributed by atoms with van der Waals surface area (Å²) in [5.74, 6) is 1.69. The molecule has 0 aliphatic carbocycles. The van der Waals surface area contributed by atoms with Gasteiger partial charge in [-0.15, -0.1) is 0 Å². The molecule has 0 amide bonds. The maximum atomic E-state index is 10.4. The summed E-state index contributed by atoms with van der Waals surface area (Å²) in [4.78, 5) is 20.0. The summed E-state index contributed by atoms with van der Waals surface area (Å²) in [6.07, 6.45) is 4.34. The van der Waals surface area contributed by atoms with Gasteiger partial charge in [0.15, 0.2) is 11.5 Å². The topological polar surface area (TPSA) is 94.3 Å². The minimum Gasteiger partial charge on any atom is -0.468 e. The van der Waals surface area contributed by atoms with Crippen LogP contribution in [0.3, 0.4) is 0 Å². The van der Waals surface area contributed by atoms with Gasteiger partial charge in [0.25, 0.3) is 0 Å². The number of hydrogen-bond donors (Lipinski definition) is 2. The Morgan fingerprint density at radius 3 is 3.09 bits per heavy atom. The van der Waals surface area contributed by atoms with Crippen LogP contribution >= 0.6 is 0 Å². The van der Waals surface area contributed by atoms with Gasteiger partial charge < -0.3 is 19.4 Å². The zero-order valence-electron chi connectivity index (χ0n) is 12.6. The molecule has 1 saturated heterocycles. The molecular weight excluding hydrogens is 296 g/mol. The molecule has 0 unspecified atom stereocenters. The second-order valence-electron chi connectivity index (χ2n) is 5.71. The van der Waals surface area contributed by atoms with Crippen LogP contribution in [0.4, 0.5) is 5.82 Å². The van der Waals surface area contributed by atoms with Crippen LogP contribution in [-0.4, -0.2) is 62.2 Å². The SMILES string of the molecule is O[C@H]1CN(Cc2ccco2)CCN(c2ncnc3nc[nH]c23)C1. The normalized spacial score (nSPS) is 20.0. The van der Waals surface area contributed by atoms with E-state index in [9.17, 15) is 5.11 Å². The minimum atomic E-state index is -0.458. The smallest absolute Gasteiger partial charge is 0.182 e. The maximum Gasteiger partial charge on any atom is 0.182 e. The summed E-state index contributed by atoms with van der Waals surface area (Å²) >= 11 is 0. The highest BCUT2D eigenvalue weighted by Crippen LogP contribution is 2.21. The van der Waals surface area contributed by atoms with E-state index < -0.39 is 6.10 Å². The quantitative estimate of drug-likeness (QED) is 0.732. The van der Waals surface area contributed by atoms with E-state index in [-0.39, 0.29) is 0 Å². The molecule has 23 heavy (non-hydrogen) atoms. The Morgan fingerprint density at radius 2 is 2.22 bits per heavy atom. The Balaban J connectivity index is 1.54. The highest BCUT2D eigenvalue weighted by molar-refractivity contribution is 5.82. The van der Waals surface area contributed by atoms with Crippen molar-refractivity contribution in [2.45, 2.75) is 12.6 Å². The van der Waals surface area contributed by atoms with Crippen molar-refractivity contribution in [2.24, 2.45) is 0 Å². The Labute approximate surface area is 132 Å². The fourth-order valence-corrected chi connectivity index (χ4v) is 3.01. The van der Waals surface area contributed by atoms with E-state index in [0.29, 0.717) is 25.3 Å². The largest absolute Gasteiger partial charge is 0.468 e. The standard InChI is InChI=1S/C15H18N6O2/c22-11-6-20(8-12-2-1-5-23-12)3-4-21(7-11)15-13-14(17-9-16-13)18-10-19-15/h1-2,5,9-11,22H,3-4,6-8H2,(H,16,17,18,19)/t11-/m0/s1. The van der Waals surface area contributed by atoms with Gasteiger partial charge in [-0.25, -0.2) is 15.0 Å². The average Bonchev–Trinajstić information content (AvgIpc) is 3.18. The molecule has 8 nitrogen and oxygen atoms in total. The van der Waals surface area contributed by atoms with Crippen molar-refractivity contribution in [1.29, 1.82) is 0 Å². The lowest BCUT2D eigenvalue weighted by Gasteiger charge is -2.22. The summed E-state index contributed by atoms with van der Waals surface area (Å²) < 4.78 is 5.40. The zero-order chi connectivity index (χ0) is 15.6. The lowest BCUT2D eigenvalue weighted by Crippen LogP contribution is -2.33. The molecule has 2 N–H and O–H groups in total. The third-order valence-corrected chi connectivity index (χ3v) is 4.05. The van der Waals surface area contributed by atoms with Crippen molar-refractivity contribution in [1.82, 2.24) is 24.8 Å². The molecule has 0 spiro atoms. The van der Waals surface area contributed by atoms with E-state index in [1.54, 1.807) is 12.6 Å². The maximum absolute atomic E-state index is 10.4. The molecule has 0 bridgehead atoms. The summed E-state index contributed by atoms with van der Waals surface area (Å²) in [6, 6.07) is 3.83. The number of nitrogens with zero attached hydrogens (tertiary/aromatic N) is 5. The van der Waals surface area contributed by atoms with E-state index in [4.69, 9.17) is 4.42 Å². The van der Waals surface area contributed by atoms with Crippen LogP contribution in [0.5, 0.6) is 0 Å². The molecule has 3 aromatic heterocycles. The van der Waals surface area contributed by atoms with Gasteiger partial charge in [-0.2, -0.15) is 0 Å². The summed E-state index contributed by atoms with van der Waals surface area (Å²) in [5.41, 5.74) is 1.44. The first-order valence-electron chi connectivity index (χ1n) is 7.61. The van der Waals surface area contributed by atoms with Crippen molar-refractivity contribution < 1.29 is 9.52 Å². The third-order valence-electron chi connectivity index (χ3n) is 4.05. The fourth-order valence-electron chi connectivity index (χ4n) is 3.01. The number of nitrogens with one attached hydrogen (secondary N) is 1. The van der Waals surface area contributed by atoms with Crippen molar-refractivity contribution in [3.8, 4) is 0 Å². The van der Waals surface area contributed by atoms with E-state index in [2.05, 4.69) is 29.7 Å². The van der Waals surface area contributed by atoms with Crippen molar-refractivity contribution >= 4 is 17.0 Å². The number of imidazole rings is 1. The third kappa shape index (κ3) is 2.90. The van der Waals surface area contributed by atoms with Gasteiger partial charge >= 0.3 is 0 Å². The second-order valence-corrected chi connectivity index (χ2v) is 5.71. The number of rotatable bonds is 3. The molecule has 8 heteroatoms. The molecular formula is C15H18N6O2. The van der Waals surface area contributed by atoms with Gasteiger partial charge in [-0.3, -0.25) is 4.90 Å². The van der Waals surface area contributed by atoms with Crippen molar-refractivity contribution in [2.75, 3.05) is 31.1 Å². The number of aliphatic hydroxyl groups excluding tert-OH is 1. The first-order chi connectivity index (χ1) is 11.3. The molecule has 1 aliphatic rings. The zero-order valence-corrected chi connectivity index (χ0v) is 12.6. The predicted octanol–water partition coefficient (Wildman–Crippen LogP) is 0.629. The molecule has 1 fully saturated rings. The molecule has 3 aromatic rings. The number of β-amino-alcohol motifs (C(OH)–C–C–N with tert-alkyl or cyclic N) is 1. The van der Waals surface area contributed by atoms with Crippen LogP contribution in [0.15, 0.2) is 35.5 Å². The van der Waals surface area contributed by atoms with Crippen LogP contribution in [-0.2, 0) is 6.54 Å². The Bertz CT molecular complexity index is 771. The van der Waals surface area contributed by atoms with Crippen LogP contribution < -0.4 is 4.90 Å². The monoisotopic (exact) mass is 314 g/mol. The number of aromatic amines is 1.